The Morgan fingerprint density at radius 3 is 2.50 bits per heavy atom. The molecule has 0 aromatic rings. The van der Waals surface area contributed by atoms with Crippen LogP contribution in [0.4, 0.5) is 0 Å². The molecule has 0 aliphatic carbocycles. The summed E-state index contributed by atoms with van der Waals surface area (Å²) < 4.78 is 0. The molecule has 2 saturated heterocycles. The Labute approximate surface area is 81.7 Å². The topological polar surface area (TPSA) is 57.7 Å². The lowest BCUT2D eigenvalue weighted by Gasteiger charge is -2.40. The van der Waals surface area contributed by atoms with Crippen molar-refractivity contribution in [3.63, 3.8) is 0 Å². The minimum Gasteiger partial charge on any atom is -0.319 e. The van der Waals surface area contributed by atoms with Crippen molar-refractivity contribution < 1.29 is 14.4 Å². The molecule has 0 aromatic heterocycles. The second-order valence-corrected chi connectivity index (χ2v) is 4.01. The first-order valence-electron chi connectivity index (χ1n) is 4.58. The van der Waals surface area contributed by atoms with Crippen molar-refractivity contribution in [1.82, 2.24) is 9.80 Å². The fourth-order valence-corrected chi connectivity index (χ4v) is 2.10. The standard InChI is InChI=1S/C9H12N2O3/c1-9-4-3-6(12)11(9)5-7(13)10(2)8(9)14/h3-5H2,1-2H3. The molecule has 0 spiro atoms. The van der Waals surface area contributed by atoms with Gasteiger partial charge in [0.25, 0.3) is 5.91 Å². The molecule has 0 N–H and O–H groups in total. The highest BCUT2D eigenvalue weighted by atomic mass is 16.2. The van der Waals surface area contributed by atoms with Gasteiger partial charge in [-0.1, -0.05) is 0 Å². The molecule has 5 heteroatoms. The Morgan fingerprint density at radius 2 is 1.86 bits per heavy atom. The molecule has 1 unspecified atom stereocenters. The maximum Gasteiger partial charge on any atom is 0.254 e. The van der Waals surface area contributed by atoms with Gasteiger partial charge in [0, 0.05) is 13.5 Å². The molecule has 0 bridgehead atoms. The summed E-state index contributed by atoms with van der Waals surface area (Å²) in [5, 5.41) is 0. The quantitative estimate of drug-likeness (QED) is 0.484. The van der Waals surface area contributed by atoms with E-state index in [1.54, 1.807) is 6.92 Å². The maximum atomic E-state index is 11.8. The molecular formula is C9H12N2O3. The number of fused-ring (bicyclic) bond motifs is 1. The largest absolute Gasteiger partial charge is 0.319 e. The van der Waals surface area contributed by atoms with Gasteiger partial charge in [0.05, 0.1) is 0 Å². The molecule has 2 heterocycles. The average molecular weight is 196 g/mol. The number of imide groups is 1. The first-order valence-corrected chi connectivity index (χ1v) is 4.58. The Balaban J connectivity index is 2.40. The van der Waals surface area contributed by atoms with E-state index in [1.807, 2.05) is 0 Å². The molecule has 0 radical (unpaired) electrons. The highest BCUT2D eigenvalue weighted by Crippen LogP contribution is 2.34. The molecule has 2 fully saturated rings. The fraction of sp³-hybridized carbons (Fsp3) is 0.667. The van der Waals surface area contributed by atoms with Gasteiger partial charge in [-0.2, -0.15) is 0 Å². The van der Waals surface area contributed by atoms with E-state index in [-0.39, 0.29) is 24.3 Å². The summed E-state index contributed by atoms with van der Waals surface area (Å²) in [5.74, 6) is -0.662. The zero-order valence-electron chi connectivity index (χ0n) is 8.24. The summed E-state index contributed by atoms with van der Waals surface area (Å²) in [4.78, 5) is 37.1. The van der Waals surface area contributed by atoms with Crippen molar-refractivity contribution in [2.45, 2.75) is 25.3 Å². The number of piperazine rings is 1. The van der Waals surface area contributed by atoms with Crippen molar-refractivity contribution in [3.05, 3.63) is 0 Å². The van der Waals surface area contributed by atoms with Crippen LogP contribution >= 0.6 is 0 Å². The normalized spacial score (nSPS) is 32.6. The van der Waals surface area contributed by atoms with Crippen LogP contribution in [0.25, 0.3) is 0 Å². The van der Waals surface area contributed by atoms with Gasteiger partial charge in [-0.25, -0.2) is 0 Å². The van der Waals surface area contributed by atoms with Gasteiger partial charge >= 0.3 is 0 Å². The van der Waals surface area contributed by atoms with Gasteiger partial charge in [0.2, 0.25) is 11.8 Å². The Morgan fingerprint density at radius 1 is 1.21 bits per heavy atom. The van der Waals surface area contributed by atoms with E-state index in [0.29, 0.717) is 12.8 Å². The summed E-state index contributed by atoms with van der Waals surface area (Å²) in [6, 6.07) is 0. The Hall–Kier alpha value is -1.39. The number of hydrogen-bond acceptors (Lipinski definition) is 3. The Bertz CT molecular complexity index is 339. The van der Waals surface area contributed by atoms with Crippen molar-refractivity contribution >= 4 is 17.7 Å². The molecule has 0 saturated carbocycles. The number of nitrogens with zero attached hydrogens (tertiary/aromatic N) is 2. The van der Waals surface area contributed by atoms with Crippen molar-refractivity contribution in [2.75, 3.05) is 13.6 Å². The van der Waals surface area contributed by atoms with Gasteiger partial charge in [-0.05, 0) is 13.3 Å². The predicted molar refractivity (Wildman–Crippen MR) is 47.1 cm³/mol. The second kappa shape index (κ2) is 2.56. The van der Waals surface area contributed by atoms with Crippen LogP contribution in [0.1, 0.15) is 19.8 Å². The van der Waals surface area contributed by atoms with Crippen LogP contribution < -0.4 is 0 Å². The summed E-state index contributed by atoms with van der Waals surface area (Å²) in [6.45, 7) is 1.76. The monoisotopic (exact) mass is 196 g/mol. The van der Waals surface area contributed by atoms with Gasteiger partial charge in [-0.3, -0.25) is 19.3 Å². The molecule has 3 amide bonds. The summed E-state index contributed by atoms with van der Waals surface area (Å²) >= 11 is 0. The minimum absolute atomic E-state index is 0.0393. The van der Waals surface area contributed by atoms with Gasteiger partial charge in [0.1, 0.15) is 12.1 Å². The zero-order valence-corrected chi connectivity index (χ0v) is 8.24. The highest BCUT2D eigenvalue weighted by Gasteiger charge is 2.53. The van der Waals surface area contributed by atoms with E-state index in [4.69, 9.17) is 0 Å². The number of amides is 3. The zero-order chi connectivity index (χ0) is 10.5. The van der Waals surface area contributed by atoms with Crippen LogP contribution in [0, 0.1) is 0 Å². The number of hydrogen-bond donors (Lipinski definition) is 0. The average Bonchev–Trinajstić information content (AvgIpc) is 2.43. The van der Waals surface area contributed by atoms with Gasteiger partial charge in [0.15, 0.2) is 0 Å². The molecular weight excluding hydrogens is 184 g/mol. The molecule has 14 heavy (non-hydrogen) atoms. The van der Waals surface area contributed by atoms with Crippen molar-refractivity contribution in [2.24, 2.45) is 0 Å². The molecule has 2 aliphatic heterocycles. The van der Waals surface area contributed by atoms with Crippen molar-refractivity contribution in [3.8, 4) is 0 Å². The van der Waals surface area contributed by atoms with Crippen LogP contribution in [-0.4, -0.2) is 46.7 Å². The van der Waals surface area contributed by atoms with E-state index >= 15 is 0 Å². The first kappa shape index (κ1) is 9.18. The summed E-state index contributed by atoms with van der Waals surface area (Å²) in [6.07, 6.45) is 0.881. The van der Waals surface area contributed by atoms with E-state index in [2.05, 4.69) is 0 Å². The lowest BCUT2D eigenvalue weighted by molar-refractivity contribution is -0.162. The number of likely N-dealkylation sites (N-methyl/N-ethyl adjacent to an activating group) is 1. The smallest absolute Gasteiger partial charge is 0.254 e. The lowest BCUT2D eigenvalue weighted by Crippen LogP contribution is -2.63. The van der Waals surface area contributed by atoms with Crippen LogP contribution in [-0.2, 0) is 14.4 Å². The predicted octanol–water partition coefficient (Wildman–Crippen LogP) is -0.634. The third-order valence-corrected chi connectivity index (χ3v) is 3.16. The molecule has 1 atom stereocenters. The molecule has 2 rings (SSSR count). The van der Waals surface area contributed by atoms with Crippen LogP contribution in [0.2, 0.25) is 0 Å². The highest BCUT2D eigenvalue weighted by molar-refractivity contribution is 6.07. The number of carbonyl (C=O) groups is 3. The van der Waals surface area contributed by atoms with E-state index in [9.17, 15) is 14.4 Å². The van der Waals surface area contributed by atoms with E-state index in [1.165, 1.54) is 11.9 Å². The van der Waals surface area contributed by atoms with E-state index in [0.717, 1.165) is 4.90 Å². The third-order valence-electron chi connectivity index (χ3n) is 3.16. The summed E-state index contributed by atoms with van der Waals surface area (Å²) in [5.41, 5.74) is -0.778. The SMILES string of the molecule is CN1C(=O)CN2C(=O)CCC2(C)C1=O. The van der Waals surface area contributed by atoms with Gasteiger partial charge < -0.3 is 4.90 Å². The Kier molecular flexibility index (Phi) is 1.68. The molecule has 0 aromatic carbocycles. The van der Waals surface area contributed by atoms with Gasteiger partial charge in [-0.15, -0.1) is 0 Å². The second-order valence-electron chi connectivity index (χ2n) is 4.01. The van der Waals surface area contributed by atoms with E-state index < -0.39 is 5.54 Å². The molecule has 76 valence electrons. The number of rotatable bonds is 0. The molecule has 2 aliphatic rings. The lowest BCUT2D eigenvalue weighted by atomic mass is 9.95. The summed E-state index contributed by atoms with van der Waals surface area (Å²) in [7, 11) is 1.47. The van der Waals surface area contributed by atoms with Crippen molar-refractivity contribution in [1.29, 1.82) is 0 Å². The fourth-order valence-electron chi connectivity index (χ4n) is 2.10. The first-order chi connectivity index (χ1) is 6.47. The third kappa shape index (κ3) is 0.921. The molecule has 5 nitrogen and oxygen atoms in total. The minimum atomic E-state index is -0.778. The van der Waals surface area contributed by atoms with Crippen LogP contribution in [0.3, 0.4) is 0 Å². The maximum absolute atomic E-state index is 11.8. The van der Waals surface area contributed by atoms with Crippen LogP contribution in [0.5, 0.6) is 0 Å². The number of carbonyl (C=O) groups excluding carboxylic acids is 3. The van der Waals surface area contributed by atoms with Crippen LogP contribution in [0.15, 0.2) is 0 Å².